The van der Waals surface area contributed by atoms with E-state index in [2.05, 4.69) is 20.8 Å². The van der Waals surface area contributed by atoms with Gasteiger partial charge in [-0.1, -0.05) is 20.8 Å². The van der Waals surface area contributed by atoms with Gasteiger partial charge in [-0.2, -0.15) is 0 Å². The number of ether oxygens (including phenoxy) is 1. The van der Waals surface area contributed by atoms with Crippen molar-refractivity contribution in [2.24, 2.45) is 5.73 Å². The first-order chi connectivity index (χ1) is 11.2. The number of nitrogens with two attached hydrogens (primary N) is 1. The van der Waals surface area contributed by atoms with Crippen molar-refractivity contribution in [3.63, 3.8) is 0 Å². The summed E-state index contributed by atoms with van der Waals surface area (Å²) < 4.78 is 17.8. The van der Waals surface area contributed by atoms with Gasteiger partial charge in [-0.15, -0.1) is 0 Å². The standard InChI is InChI=1S/C19H30BNO4/c1-11-10-13(23-16(21)22)12(2)15(14(11)17(3,4)5)20-24-18(6,7)19(8,9)25-20/h10H,1-9H3,(H2,21,22). The highest BCUT2D eigenvalue weighted by Crippen LogP contribution is 2.39. The molecule has 0 bridgehead atoms. The number of benzene rings is 1. The van der Waals surface area contributed by atoms with Gasteiger partial charge >= 0.3 is 13.2 Å². The Morgan fingerprint density at radius 1 is 1.12 bits per heavy atom. The van der Waals surface area contributed by atoms with Crippen LogP contribution < -0.4 is 15.9 Å². The van der Waals surface area contributed by atoms with Crippen LogP contribution in [0.15, 0.2) is 6.07 Å². The highest BCUT2D eigenvalue weighted by atomic mass is 16.7. The highest BCUT2D eigenvalue weighted by molar-refractivity contribution is 6.63. The predicted molar refractivity (Wildman–Crippen MR) is 101 cm³/mol. The summed E-state index contributed by atoms with van der Waals surface area (Å²) in [6, 6.07) is 1.86. The zero-order chi connectivity index (χ0) is 19.4. The summed E-state index contributed by atoms with van der Waals surface area (Å²) in [5.41, 5.74) is 8.09. The number of aryl methyl sites for hydroxylation is 1. The van der Waals surface area contributed by atoms with Gasteiger partial charge in [0.2, 0.25) is 0 Å². The Hall–Kier alpha value is -1.53. The molecule has 1 amide bonds. The van der Waals surface area contributed by atoms with Crippen molar-refractivity contribution in [3.05, 3.63) is 22.8 Å². The fourth-order valence-corrected chi connectivity index (χ4v) is 3.38. The summed E-state index contributed by atoms with van der Waals surface area (Å²) in [6.45, 7) is 18.5. The van der Waals surface area contributed by atoms with Crippen LogP contribution in [0.5, 0.6) is 5.75 Å². The minimum atomic E-state index is -0.828. The van der Waals surface area contributed by atoms with E-state index in [0.29, 0.717) is 5.75 Å². The molecule has 0 unspecified atom stereocenters. The topological polar surface area (TPSA) is 70.8 Å². The lowest BCUT2D eigenvalue weighted by atomic mass is 9.66. The van der Waals surface area contributed by atoms with E-state index >= 15 is 0 Å². The lowest BCUT2D eigenvalue weighted by Crippen LogP contribution is -2.42. The number of carbonyl (C=O) groups excluding carboxylic acids is 1. The minimum absolute atomic E-state index is 0.126. The summed E-state index contributed by atoms with van der Waals surface area (Å²) in [5.74, 6) is 0.447. The highest BCUT2D eigenvalue weighted by Gasteiger charge is 2.53. The second-order valence-electron chi connectivity index (χ2n) is 8.86. The molecule has 0 atom stereocenters. The molecule has 1 heterocycles. The molecular weight excluding hydrogens is 317 g/mol. The summed E-state index contributed by atoms with van der Waals surface area (Å²) in [7, 11) is -0.533. The van der Waals surface area contributed by atoms with Crippen molar-refractivity contribution in [1.82, 2.24) is 0 Å². The Kier molecular flexibility index (Phi) is 4.77. The average molecular weight is 347 g/mol. The van der Waals surface area contributed by atoms with Gasteiger partial charge in [-0.3, -0.25) is 0 Å². The van der Waals surface area contributed by atoms with Crippen LogP contribution in [0.2, 0.25) is 0 Å². The quantitative estimate of drug-likeness (QED) is 0.833. The molecule has 0 saturated carbocycles. The van der Waals surface area contributed by atoms with Crippen LogP contribution in [0.1, 0.15) is 65.2 Å². The van der Waals surface area contributed by atoms with Crippen LogP contribution in [-0.2, 0) is 14.7 Å². The predicted octanol–water partition coefficient (Wildman–Crippen LogP) is 3.36. The van der Waals surface area contributed by atoms with Crippen LogP contribution in [0, 0.1) is 13.8 Å². The molecule has 6 heteroatoms. The first-order valence-electron chi connectivity index (χ1n) is 8.65. The molecule has 0 spiro atoms. The van der Waals surface area contributed by atoms with E-state index in [4.69, 9.17) is 19.8 Å². The smallest absolute Gasteiger partial charge is 0.410 e. The van der Waals surface area contributed by atoms with Crippen LogP contribution in [0.3, 0.4) is 0 Å². The number of primary amides is 1. The molecule has 1 aliphatic rings. The van der Waals surface area contributed by atoms with E-state index in [-0.39, 0.29) is 5.41 Å². The zero-order valence-electron chi connectivity index (χ0n) is 16.9. The van der Waals surface area contributed by atoms with Crippen molar-refractivity contribution >= 4 is 18.7 Å². The van der Waals surface area contributed by atoms with Crippen molar-refractivity contribution in [2.45, 2.75) is 78.9 Å². The molecule has 1 aliphatic heterocycles. The molecule has 2 N–H and O–H groups in total. The first-order valence-corrected chi connectivity index (χ1v) is 8.65. The number of rotatable bonds is 2. The summed E-state index contributed by atoms with van der Waals surface area (Å²) in [4.78, 5) is 11.3. The Balaban J connectivity index is 2.70. The third-order valence-corrected chi connectivity index (χ3v) is 5.23. The van der Waals surface area contributed by atoms with E-state index in [1.807, 2.05) is 47.6 Å². The van der Waals surface area contributed by atoms with Gasteiger partial charge < -0.3 is 19.8 Å². The third-order valence-electron chi connectivity index (χ3n) is 5.23. The maximum absolute atomic E-state index is 11.3. The number of carbonyl (C=O) groups is 1. The van der Waals surface area contributed by atoms with E-state index in [1.165, 1.54) is 0 Å². The lowest BCUT2D eigenvalue weighted by Gasteiger charge is -2.32. The number of amides is 1. The van der Waals surface area contributed by atoms with Crippen molar-refractivity contribution in [1.29, 1.82) is 0 Å². The van der Waals surface area contributed by atoms with Gasteiger partial charge in [-0.25, -0.2) is 4.79 Å². The molecule has 1 aromatic carbocycles. The van der Waals surface area contributed by atoms with Crippen LogP contribution in [-0.4, -0.2) is 24.4 Å². The molecule has 1 aromatic rings. The van der Waals surface area contributed by atoms with Gasteiger partial charge in [0.15, 0.2) is 0 Å². The zero-order valence-corrected chi connectivity index (χ0v) is 16.9. The first kappa shape index (κ1) is 19.8. The number of hydrogen-bond donors (Lipinski definition) is 1. The Labute approximate surface area is 151 Å². The molecule has 0 aromatic heterocycles. The minimum Gasteiger partial charge on any atom is -0.410 e. The molecule has 25 heavy (non-hydrogen) atoms. The fraction of sp³-hybridized carbons (Fsp3) is 0.632. The van der Waals surface area contributed by atoms with E-state index in [0.717, 1.165) is 22.2 Å². The maximum atomic E-state index is 11.3. The molecule has 0 radical (unpaired) electrons. The second-order valence-corrected chi connectivity index (χ2v) is 8.86. The monoisotopic (exact) mass is 347 g/mol. The lowest BCUT2D eigenvalue weighted by molar-refractivity contribution is 0.00578. The Bertz CT molecular complexity index is 688. The molecular formula is C19H30BNO4. The fourth-order valence-electron chi connectivity index (χ4n) is 3.38. The third kappa shape index (κ3) is 3.56. The van der Waals surface area contributed by atoms with Crippen molar-refractivity contribution in [2.75, 3.05) is 0 Å². The Morgan fingerprint density at radius 2 is 1.60 bits per heavy atom. The maximum Gasteiger partial charge on any atom is 0.495 e. The van der Waals surface area contributed by atoms with Gasteiger partial charge in [0.25, 0.3) is 0 Å². The summed E-state index contributed by atoms with van der Waals surface area (Å²) in [6.07, 6.45) is -0.828. The van der Waals surface area contributed by atoms with E-state index < -0.39 is 24.4 Å². The molecule has 1 fully saturated rings. The van der Waals surface area contributed by atoms with Crippen LogP contribution in [0.25, 0.3) is 0 Å². The molecule has 138 valence electrons. The van der Waals surface area contributed by atoms with Gasteiger partial charge in [-0.05, 0) is 75.2 Å². The van der Waals surface area contributed by atoms with Crippen LogP contribution >= 0.6 is 0 Å². The van der Waals surface area contributed by atoms with Crippen molar-refractivity contribution in [3.8, 4) is 5.75 Å². The van der Waals surface area contributed by atoms with Gasteiger partial charge in [0.05, 0.1) is 11.2 Å². The second kappa shape index (κ2) is 6.03. The molecule has 0 aliphatic carbocycles. The van der Waals surface area contributed by atoms with Gasteiger partial charge in [0, 0.05) is 0 Å². The van der Waals surface area contributed by atoms with E-state index in [9.17, 15) is 4.79 Å². The number of hydrogen-bond acceptors (Lipinski definition) is 4. The van der Waals surface area contributed by atoms with E-state index in [1.54, 1.807) is 0 Å². The molecule has 2 rings (SSSR count). The van der Waals surface area contributed by atoms with Gasteiger partial charge in [0.1, 0.15) is 5.75 Å². The SMILES string of the molecule is Cc1cc(OC(N)=O)c(C)c(B2OC(C)(C)C(C)(C)O2)c1C(C)(C)C. The normalized spacial score (nSPS) is 19.2. The van der Waals surface area contributed by atoms with Crippen molar-refractivity contribution < 1.29 is 18.8 Å². The summed E-state index contributed by atoms with van der Waals surface area (Å²) >= 11 is 0. The Morgan fingerprint density at radius 3 is 2.00 bits per heavy atom. The largest absolute Gasteiger partial charge is 0.495 e. The van der Waals surface area contributed by atoms with Crippen LogP contribution in [0.4, 0.5) is 4.79 Å². The molecule has 5 nitrogen and oxygen atoms in total. The summed E-state index contributed by atoms with van der Waals surface area (Å²) in [5, 5.41) is 0. The molecule has 1 saturated heterocycles. The average Bonchev–Trinajstić information content (AvgIpc) is 2.59.